The molecule has 0 aliphatic carbocycles. The van der Waals surface area contributed by atoms with Crippen molar-refractivity contribution in [2.45, 2.75) is 39.8 Å². The van der Waals surface area contributed by atoms with Crippen LogP contribution in [0.2, 0.25) is 0 Å². The molecule has 0 bridgehead atoms. The number of halogens is 1. The van der Waals surface area contributed by atoms with Gasteiger partial charge >= 0.3 is 5.97 Å². The predicted octanol–water partition coefficient (Wildman–Crippen LogP) is 2.79. The van der Waals surface area contributed by atoms with E-state index in [4.69, 9.17) is 9.73 Å². The average molecular weight is 558 g/mol. The van der Waals surface area contributed by atoms with Gasteiger partial charge in [0, 0.05) is 52.4 Å². The number of guanidine groups is 1. The number of nitrogens with one attached hydrogen (secondary N) is 1. The lowest BCUT2D eigenvalue weighted by atomic mass is 9.98. The highest BCUT2D eigenvalue weighted by atomic mass is 127. The average Bonchev–Trinajstić information content (AvgIpc) is 2.79. The lowest BCUT2D eigenvalue weighted by molar-refractivity contribution is -0.149. The first-order valence-corrected chi connectivity index (χ1v) is 11.8. The monoisotopic (exact) mass is 557 g/mol. The number of ether oxygens (including phenoxy) is 1. The van der Waals surface area contributed by atoms with Crippen molar-refractivity contribution >= 4 is 35.9 Å². The summed E-state index contributed by atoms with van der Waals surface area (Å²) in [5, 5.41) is 3.40. The van der Waals surface area contributed by atoms with E-state index in [2.05, 4.69) is 58.3 Å². The molecule has 2 saturated heterocycles. The molecule has 1 atom stereocenters. The van der Waals surface area contributed by atoms with Crippen LogP contribution in [0.1, 0.15) is 37.8 Å². The van der Waals surface area contributed by atoms with Crippen LogP contribution in [0.3, 0.4) is 0 Å². The van der Waals surface area contributed by atoms with Crippen molar-refractivity contribution in [3.8, 4) is 0 Å². The van der Waals surface area contributed by atoms with Gasteiger partial charge in [-0.3, -0.25) is 9.69 Å². The number of esters is 1. The Bertz CT molecular complexity index is 720. The molecule has 3 rings (SSSR count). The number of benzene rings is 1. The molecule has 180 valence electrons. The van der Waals surface area contributed by atoms with Crippen molar-refractivity contribution < 1.29 is 9.53 Å². The second kappa shape index (κ2) is 14.0. The zero-order valence-electron chi connectivity index (χ0n) is 19.9. The first-order chi connectivity index (χ1) is 15.1. The summed E-state index contributed by atoms with van der Waals surface area (Å²) in [7, 11) is 2.19. The van der Waals surface area contributed by atoms with Crippen molar-refractivity contribution in [3.63, 3.8) is 0 Å². The van der Waals surface area contributed by atoms with Gasteiger partial charge in [0.2, 0.25) is 0 Å². The molecule has 2 aliphatic heterocycles. The van der Waals surface area contributed by atoms with Crippen LogP contribution in [0.15, 0.2) is 29.3 Å². The van der Waals surface area contributed by atoms with Crippen molar-refractivity contribution in [1.82, 2.24) is 20.0 Å². The fourth-order valence-electron chi connectivity index (χ4n) is 4.23. The summed E-state index contributed by atoms with van der Waals surface area (Å²) in [4.78, 5) is 24.2. The number of likely N-dealkylation sites (N-methyl/N-ethyl adjacent to an activating group) is 1. The Labute approximate surface area is 210 Å². The zero-order chi connectivity index (χ0) is 22.1. The normalized spacial score (nSPS) is 20.5. The Morgan fingerprint density at radius 1 is 1.09 bits per heavy atom. The van der Waals surface area contributed by atoms with E-state index in [0.717, 1.165) is 64.6 Å². The molecule has 0 saturated carbocycles. The maximum absolute atomic E-state index is 12.2. The van der Waals surface area contributed by atoms with Gasteiger partial charge in [-0.15, -0.1) is 24.0 Å². The number of nitrogens with zero attached hydrogens (tertiary/aromatic N) is 4. The van der Waals surface area contributed by atoms with Gasteiger partial charge in [0.15, 0.2) is 5.96 Å². The molecule has 1 aromatic carbocycles. The lowest BCUT2D eigenvalue weighted by Crippen LogP contribution is -2.48. The number of piperidine rings is 1. The third kappa shape index (κ3) is 8.19. The van der Waals surface area contributed by atoms with E-state index in [1.54, 1.807) is 0 Å². The number of aliphatic imine (C=N–C) groups is 1. The van der Waals surface area contributed by atoms with Crippen LogP contribution in [-0.2, 0) is 22.6 Å². The molecule has 2 aliphatic rings. The van der Waals surface area contributed by atoms with E-state index in [9.17, 15) is 4.79 Å². The minimum Gasteiger partial charge on any atom is -0.466 e. The van der Waals surface area contributed by atoms with Crippen LogP contribution in [0, 0.1) is 5.92 Å². The van der Waals surface area contributed by atoms with Crippen molar-refractivity contribution in [1.29, 1.82) is 0 Å². The molecule has 8 heteroatoms. The number of carbonyl (C=O) groups excluding carboxylic acids is 1. The van der Waals surface area contributed by atoms with Gasteiger partial charge in [0.1, 0.15) is 0 Å². The van der Waals surface area contributed by atoms with E-state index in [-0.39, 0.29) is 35.9 Å². The molecular formula is C24H40IN5O2. The molecule has 0 spiro atoms. The number of piperazine rings is 1. The smallest absolute Gasteiger partial charge is 0.310 e. The molecule has 0 amide bonds. The Balaban J connectivity index is 0.00000363. The van der Waals surface area contributed by atoms with Crippen LogP contribution in [0.4, 0.5) is 0 Å². The standard InChI is InChI=1S/C24H39N5O2.HI/c1-4-25-24(29-12-6-7-22(19-29)23(30)31-5-2)26-17-20-8-10-21(11-9-20)18-28-15-13-27(3)14-16-28;/h8-11,22H,4-7,12-19H2,1-3H3,(H,25,26);1H. The summed E-state index contributed by atoms with van der Waals surface area (Å²) in [6, 6.07) is 8.84. The molecule has 1 aromatic rings. The minimum absolute atomic E-state index is 0. The fourth-order valence-corrected chi connectivity index (χ4v) is 4.23. The van der Waals surface area contributed by atoms with E-state index < -0.39 is 0 Å². The summed E-state index contributed by atoms with van der Waals surface area (Å²) in [5.41, 5.74) is 2.56. The van der Waals surface area contributed by atoms with Crippen molar-refractivity contribution in [2.75, 3.05) is 59.5 Å². The molecule has 0 radical (unpaired) electrons. The van der Waals surface area contributed by atoms with E-state index in [0.29, 0.717) is 19.7 Å². The quantitative estimate of drug-likeness (QED) is 0.241. The first kappa shape index (κ1) is 26.9. The number of hydrogen-bond donors (Lipinski definition) is 1. The first-order valence-electron chi connectivity index (χ1n) is 11.8. The van der Waals surface area contributed by atoms with E-state index >= 15 is 0 Å². The van der Waals surface area contributed by atoms with E-state index in [1.807, 2.05) is 6.92 Å². The van der Waals surface area contributed by atoms with Gasteiger partial charge in [0.05, 0.1) is 19.1 Å². The third-order valence-electron chi connectivity index (χ3n) is 6.11. The number of rotatable bonds is 7. The SMILES string of the molecule is CCNC(=NCc1ccc(CN2CCN(C)CC2)cc1)N1CCCC(C(=O)OCC)C1.I. The number of likely N-dealkylation sites (tertiary alicyclic amines) is 1. The Hall–Kier alpha value is -1.39. The summed E-state index contributed by atoms with van der Waals surface area (Å²) in [5.74, 6) is 0.739. The Morgan fingerprint density at radius 2 is 1.78 bits per heavy atom. The van der Waals surface area contributed by atoms with Gasteiger partial charge in [-0.25, -0.2) is 4.99 Å². The molecule has 2 heterocycles. The summed E-state index contributed by atoms with van der Waals surface area (Å²) < 4.78 is 5.24. The lowest BCUT2D eigenvalue weighted by Gasteiger charge is -2.34. The predicted molar refractivity (Wildman–Crippen MR) is 140 cm³/mol. The largest absolute Gasteiger partial charge is 0.466 e. The van der Waals surface area contributed by atoms with Crippen LogP contribution in [0.5, 0.6) is 0 Å². The van der Waals surface area contributed by atoms with Gasteiger partial charge in [-0.05, 0) is 44.9 Å². The van der Waals surface area contributed by atoms with Crippen LogP contribution >= 0.6 is 24.0 Å². The minimum atomic E-state index is -0.0843. The highest BCUT2D eigenvalue weighted by Gasteiger charge is 2.28. The molecule has 32 heavy (non-hydrogen) atoms. The van der Waals surface area contributed by atoms with Crippen molar-refractivity contribution in [3.05, 3.63) is 35.4 Å². The summed E-state index contributed by atoms with van der Waals surface area (Å²) in [6.45, 7) is 13.0. The van der Waals surface area contributed by atoms with Gasteiger partial charge in [0.25, 0.3) is 0 Å². The third-order valence-corrected chi connectivity index (χ3v) is 6.11. The number of carbonyl (C=O) groups is 1. The van der Waals surface area contributed by atoms with Crippen LogP contribution < -0.4 is 5.32 Å². The van der Waals surface area contributed by atoms with Crippen LogP contribution in [0.25, 0.3) is 0 Å². The molecule has 0 aromatic heterocycles. The highest BCUT2D eigenvalue weighted by Crippen LogP contribution is 2.18. The summed E-state index contributed by atoms with van der Waals surface area (Å²) in [6.07, 6.45) is 1.87. The molecule has 1 N–H and O–H groups in total. The topological polar surface area (TPSA) is 60.4 Å². The molecule has 7 nitrogen and oxygen atoms in total. The van der Waals surface area contributed by atoms with E-state index in [1.165, 1.54) is 11.1 Å². The highest BCUT2D eigenvalue weighted by molar-refractivity contribution is 14.0. The Kier molecular flexibility index (Phi) is 11.7. The van der Waals surface area contributed by atoms with Gasteiger partial charge < -0.3 is 19.9 Å². The molecule has 2 fully saturated rings. The molecule has 1 unspecified atom stereocenters. The van der Waals surface area contributed by atoms with Crippen molar-refractivity contribution in [2.24, 2.45) is 10.9 Å². The maximum atomic E-state index is 12.2. The van der Waals surface area contributed by atoms with Gasteiger partial charge in [-0.2, -0.15) is 0 Å². The zero-order valence-corrected chi connectivity index (χ0v) is 22.2. The molecular weight excluding hydrogens is 517 g/mol. The second-order valence-corrected chi connectivity index (χ2v) is 8.60. The summed E-state index contributed by atoms with van der Waals surface area (Å²) >= 11 is 0. The second-order valence-electron chi connectivity index (χ2n) is 8.60. The number of hydrogen-bond acceptors (Lipinski definition) is 5. The van der Waals surface area contributed by atoms with Crippen LogP contribution in [-0.4, -0.2) is 86.1 Å². The fraction of sp³-hybridized carbons (Fsp3) is 0.667. The van der Waals surface area contributed by atoms with Gasteiger partial charge in [-0.1, -0.05) is 24.3 Å². The Morgan fingerprint density at radius 3 is 2.44 bits per heavy atom. The maximum Gasteiger partial charge on any atom is 0.310 e.